The summed E-state index contributed by atoms with van der Waals surface area (Å²) in [5, 5.41) is 0.751. The number of nitrogens with zero attached hydrogens (tertiary/aromatic N) is 3. The molecular weight excluding hydrogens is 490 g/mol. The van der Waals surface area contributed by atoms with Gasteiger partial charge in [-0.15, -0.1) is 0 Å². The van der Waals surface area contributed by atoms with Crippen LogP contribution in [-0.2, 0) is 12.1 Å². The van der Waals surface area contributed by atoms with Crippen LogP contribution < -0.4 is 0 Å². The van der Waals surface area contributed by atoms with Crippen molar-refractivity contribution in [1.82, 2.24) is 14.8 Å². The predicted molar refractivity (Wildman–Crippen MR) is 127 cm³/mol. The van der Waals surface area contributed by atoms with Crippen molar-refractivity contribution in [3.8, 4) is 0 Å². The minimum atomic E-state index is -1.43. The fourth-order valence-corrected chi connectivity index (χ4v) is 5.31. The van der Waals surface area contributed by atoms with E-state index < -0.39 is 5.54 Å². The number of pyridine rings is 1. The average molecular weight is 511 g/mol. The molecular formula is C25H21BrClN3O2. The fraction of sp³-hybridized carbons (Fsp3) is 0.240. The van der Waals surface area contributed by atoms with Crippen LogP contribution in [0.15, 0.2) is 71.3 Å². The van der Waals surface area contributed by atoms with Gasteiger partial charge in [0, 0.05) is 48.9 Å². The maximum Gasteiger partial charge on any atom is 0.198 e. The van der Waals surface area contributed by atoms with Gasteiger partial charge >= 0.3 is 0 Å². The van der Waals surface area contributed by atoms with Crippen molar-refractivity contribution in [2.75, 3.05) is 26.2 Å². The van der Waals surface area contributed by atoms with E-state index in [2.05, 4.69) is 25.8 Å². The highest BCUT2D eigenvalue weighted by Crippen LogP contribution is 2.42. The standard InChI is InChI=1S/C25H21BrClN3O2/c26-22-11-5-10-21(28-22)25(23(31)18-7-2-3-8-19(18)24(25)32)30-14-12-29(13-15-30)16-17-6-1-4-9-20(17)27/h1-11H,12-16H2. The van der Waals surface area contributed by atoms with E-state index in [9.17, 15) is 9.59 Å². The average Bonchev–Trinajstić information content (AvgIpc) is 3.04. The fourth-order valence-electron chi connectivity index (χ4n) is 4.77. The van der Waals surface area contributed by atoms with E-state index in [0.717, 1.165) is 30.2 Å². The number of carbonyl (C=O) groups is 2. The third-order valence-corrected chi connectivity index (χ3v) is 7.17. The summed E-state index contributed by atoms with van der Waals surface area (Å²) < 4.78 is 0.600. The first-order chi connectivity index (χ1) is 15.5. The Balaban J connectivity index is 1.48. The van der Waals surface area contributed by atoms with Crippen molar-refractivity contribution >= 4 is 39.1 Å². The molecule has 1 saturated heterocycles. The molecule has 32 heavy (non-hydrogen) atoms. The van der Waals surface area contributed by atoms with E-state index in [4.69, 9.17) is 11.6 Å². The summed E-state index contributed by atoms with van der Waals surface area (Å²) in [5.74, 6) is -0.383. The van der Waals surface area contributed by atoms with Gasteiger partial charge in [0.25, 0.3) is 0 Å². The molecule has 0 amide bonds. The predicted octanol–water partition coefficient (Wildman–Crippen LogP) is 4.59. The molecule has 0 bridgehead atoms. The van der Waals surface area contributed by atoms with Crippen LogP contribution in [-0.4, -0.2) is 52.5 Å². The van der Waals surface area contributed by atoms with E-state index >= 15 is 0 Å². The van der Waals surface area contributed by atoms with Gasteiger partial charge in [-0.05, 0) is 39.7 Å². The highest BCUT2D eigenvalue weighted by molar-refractivity contribution is 9.10. The zero-order valence-corrected chi connectivity index (χ0v) is 19.6. The summed E-state index contributed by atoms with van der Waals surface area (Å²) >= 11 is 9.76. The van der Waals surface area contributed by atoms with E-state index in [1.807, 2.05) is 35.2 Å². The molecule has 0 atom stereocenters. The van der Waals surface area contributed by atoms with E-state index in [0.29, 0.717) is 34.5 Å². The molecule has 3 aromatic rings. The van der Waals surface area contributed by atoms with Crippen molar-refractivity contribution in [3.05, 3.63) is 98.7 Å². The summed E-state index contributed by atoms with van der Waals surface area (Å²) in [7, 11) is 0. The van der Waals surface area contributed by atoms with Crippen LogP contribution in [0.5, 0.6) is 0 Å². The van der Waals surface area contributed by atoms with Crippen LogP contribution in [0.1, 0.15) is 32.0 Å². The van der Waals surface area contributed by atoms with Crippen LogP contribution in [0.3, 0.4) is 0 Å². The molecule has 1 aromatic heterocycles. The maximum atomic E-state index is 13.8. The van der Waals surface area contributed by atoms with Crippen molar-refractivity contribution in [1.29, 1.82) is 0 Å². The highest BCUT2D eigenvalue weighted by atomic mass is 79.9. The van der Waals surface area contributed by atoms with Crippen molar-refractivity contribution in [2.24, 2.45) is 0 Å². The molecule has 1 aliphatic carbocycles. The number of aromatic nitrogens is 1. The number of hydrogen-bond donors (Lipinski definition) is 0. The molecule has 0 N–H and O–H groups in total. The van der Waals surface area contributed by atoms with E-state index in [1.54, 1.807) is 36.4 Å². The van der Waals surface area contributed by atoms with Crippen molar-refractivity contribution < 1.29 is 9.59 Å². The van der Waals surface area contributed by atoms with E-state index in [-0.39, 0.29) is 11.6 Å². The van der Waals surface area contributed by atoms with E-state index in [1.165, 1.54) is 0 Å². The molecule has 0 spiro atoms. The Bertz CT molecular complexity index is 1170. The number of ketones is 2. The van der Waals surface area contributed by atoms with Crippen LogP contribution in [0.2, 0.25) is 5.02 Å². The molecule has 5 nitrogen and oxygen atoms in total. The Morgan fingerprint density at radius 1 is 0.844 bits per heavy atom. The van der Waals surface area contributed by atoms with Crippen molar-refractivity contribution in [3.63, 3.8) is 0 Å². The zero-order valence-electron chi connectivity index (χ0n) is 17.3. The van der Waals surface area contributed by atoms with Gasteiger partial charge in [0.2, 0.25) is 0 Å². The smallest absolute Gasteiger partial charge is 0.198 e. The number of benzene rings is 2. The first kappa shape index (κ1) is 21.5. The molecule has 2 aliphatic rings. The number of rotatable bonds is 4. The second-order valence-corrected chi connectivity index (χ2v) is 9.33. The molecule has 0 unspecified atom stereocenters. The number of hydrogen-bond acceptors (Lipinski definition) is 5. The van der Waals surface area contributed by atoms with Crippen LogP contribution in [0.25, 0.3) is 0 Å². The van der Waals surface area contributed by atoms with Crippen LogP contribution in [0, 0.1) is 0 Å². The number of piperazine rings is 1. The third kappa shape index (κ3) is 3.42. The lowest BCUT2D eigenvalue weighted by Gasteiger charge is -2.43. The third-order valence-electron chi connectivity index (χ3n) is 6.36. The molecule has 0 radical (unpaired) electrons. The summed E-state index contributed by atoms with van der Waals surface area (Å²) in [6.07, 6.45) is 0. The topological polar surface area (TPSA) is 53.5 Å². The second-order valence-electron chi connectivity index (χ2n) is 8.11. The molecule has 1 fully saturated rings. The largest absolute Gasteiger partial charge is 0.296 e. The Labute approximate surface area is 200 Å². The lowest BCUT2D eigenvalue weighted by Crippen LogP contribution is -2.60. The quantitative estimate of drug-likeness (QED) is 0.380. The normalized spacial score (nSPS) is 18.7. The monoisotopic (exact) mass is 509 g/mol. The number of Topliss-reactive ketones (excluding diaryl/α,β-unsaturated/α-hetero) is 2. The number of carbonyl (C=O) groups excluding carboxylic acids is 2. The highest BCUT2D eigenvalue weighted by Gasteiger charge is 2.59. The summed E-state index contributed by atoms with van der Waals surface area (Å²) in [4.78, 5) is 36.5. The molecule has 1 aliphatic heterocycles. The van der Waals surface area contributed by atoms with Gasteiger partial charge in [0.1, 0.15) is 4.60 Å². The molecule has 0 saturated carbocycles. The Hall–Kier alpha value is -2.38. The maximum absolute atomic E-state index is 13.8. The summed E-state index contributed by atoms with van der Waals surface area (Å²) in [6, 6.07) is 20.3. The molecule has 5 rings (SSSR count). The van der Waals surface area contributed by atoms with Gasteiger partial charge in [0.05, 0.1) is 5.69 Å². The first-order valence-electron chi connectivity index (χ1n) is 10.5. The van der Waals surface area contributed by atoms with Gasteiger partial charge in [-0.1, -0.05) is 60.1 Å². The van der Waals surface area contributed by atoms with Crippen molar-refractivity contribution in [2.45, 2.75) is 12.1 Å². The minimum absolute atomic E-state index is 0.191. The summed E-state index contributed by atoms with van der Waals surface area (Å²) in [5.41, 5.74) is 1.06. The Kier molecular flexibility index (Phi) is 5.72. The Morgan fingerprint density at radius 3 is 2.09 bits per heavy atom. The van der Waals surface area contributed by atoms with Crippen LogP contribution >= 0.6 is 27.5 Å². The SMILES string of the molecule is O=C1c2ccccc2C(=O)C1(c1cccc(Br)n1)N1CCN(Cc2ccccc2Cl)CC1. The van der Waals surface area contributed by atoms with Gasteiger partial charge in [-0.25, -0.2) is 4.98 Å². The van der Waals surface area contributed by atoms with Gasteiger partial charge < -0.3 is 0 Å². The number of halogens is 2. The molecule has 162 valence electrons. The molecule has 2 aromatic carbocycles. The van der Waals surface area contributed by atoms with Gasteiger partial charge in [-0.3, -0.25) is 19.4 Å². The molecule has 2 heterocycles. The first-order valence-corrected chi connectivity index (χ1v) is 11.7. The molecule has 7 heteroatoms. The second kappa shape index (κ2) is 8.52. The van der Waals surface area contributed by atoms with Gasteiger partial charge in [0.15, 0.2) is 17.1 Å². The lowest BCUT2D eigenvalue weighted by molar-refractivity contribution is 0.0266. The van der Waals surface area contributed by atoms with Gasteiger partial charge in [-0.2, -0.15) is 0 Å². The summed E-state index contributed by atoms with van der Waals surface area (Å²) in [6.45, 7) is 3.32. The van der Waals surface area contributed by atoms with Crippen LogP contribution in [0.4, 0.5) is 0 Å². The number of fused-ring (bicyclic) bond motifs is 1. The lowest BCUT2D eigenvalue weighted by atomic mass is 9.85. The minimum Gasteiger partial charge on any atom is -0.296 e. The Morgan fingerprint density at radius 2 is 1.47 bits per heavy atom. The zero-order chi connectivity index (χ0) is 22.3.